The van der Waals surface area contributed by atoms with Crippen LogP contribution >= 0.6 is 0 Å². The van der Waals surface area contributed by atoms with E-state index >= 15 is 0 Å². The molecule has 1 N–H and O–H groups in total. The van der Waals surface area contributed by atoms with Crippen molar-refractivity contribution >= 4 is 0 Å². The first kappa shape index (κ1) is 19.5. The molecule has 3 aliphatic rings. The van der Waals surface area contributed by atoms with Crippen LogP contribution in [0.15, 0.2) is 30.9 Å². The number of halogens is 1. The molecule has 5 heteroatoms. The molecular formula is C21H28BrNO3. The fourth-order valence-corrected chi connectivity index (χ4v) is 4.96. The highest BCUT2D eigenvalue weighted by Crippen LogP contribution is 2.57. The van der Waals surface area contributed by atoms with Crippen molar-refractivity contribution in [1.82, 2.24) is 0 Å². The molecule has 26 heavy (non-hydrogen) atoms. The van der Waals surface area contributed by atoms with Crippen molar-refractivity contribution in [1.29, 1.82) is 0 Å². The molecule has 142 valence electrons. The Morgan fingerprint density at radius 1 is 1.50 bits per heavy atom. The number of methoxy groups -OCH3 is 1. The van der Waals surface area contributed by atoms with E-state index in [0.29, 0.717) is 6.42 Å². The van der Waals surface area contributed by atoms with Crippen LogP contribution in [0.25, 0.3) is 0 Å². The molecule has 0 amide bonds. The molecule has 2 aliphatic heterocycles. The Hall–Kier alpha value is -1.30. The summed E-state index contributed by atoms with van der Waals surface area (Å²) < 4.78 is 13.0. The molecule has 0 bridgehead atoms. The van der Waals surface area contributed by atoms with Gasteiger partial charge in [0, 0.05) is 24.0 Å². The predicted molar refractivity (Wildman–Crippen MR) is 98.0 cm³/mol. The highest BCUT2D eigenvalue weighted by Gasteiger charge is 2.55. The molecule has 4 rings (SSSR count). The lowest BCUT2D eigenvalue weighted by Crippen LogP contribution is -3.00. The molecule has 1 aromatic rings. The molecule has 1 aliphatic carbocycles. The minimum absolute atomic E-state index is 0. The fourth-order valence-electron chi connectivity index (χ4n) is 4.96. The summed E-state index contributed by atoms with van der Waals surface area (Å²) in [6, 6.07) is 2.10. The molecule has 2 heterocycles. The highest BCUT2D eigenvalue weighted by molar-refractivity contribution is 5.63. The third-order valence-corrected chi connectivity index (χ3v) is 6.34. The van der Waals surface area contributed by atoms with Crippen molar-refractivity contribution < 1.29 is 36.0 Å². The maximum atomic E-state index is 10.2. The van der Waals surface area contributed by atoms with Crippen LogP contribution in [0.4, 0.5) is 0 Å². The van der Waals surface area contributed by atoms with Gasteiger partial charge in [0.1, 0.15) is 12.6 Å². The topological polar surface area (TPSA) is 38.7 Å². The summed E-state index contributed by atoms with van der Waals surface area (Å²) in [5, 5.41) is 10.2. The monoisotopic (exact) mass is 421 g/mol. The van der Waals surface area contributed by atoms with Gasteiger partial charge in [-0.25, -0.2) is 0 Å². The third kappa shape index (κ3) is 2.72. The number of benzene rings is 1. The van der Waals surface area contributed by atoms with Gasteiger partial charge in [0.2, 0.25) is 0 Å². The number of nitrogens with zero attached hydrogens (tertiary/aromatic N) is 1. The van der Waals surface area contributed by atoms with E-state index in [1.165, 1.54) is 16.7 Å². The second-order valence-corrected chi connectivity index (χ2v) is 8.11. The molecule has 0 saturated heterocycles. The van der Waals surface area contributed by atoms with Gasteiger partial charge in [-0.1, -0.05) is 18.7 Å². The maximum absolute atomic E-state index is 10.2. The molecule has 4 atom stereocenters. The van der Waals surface area contributed by atoms with E-state index in [2.05, 4.69) is 32.7 Å². The standard InChI is InChI=1S/C21H28NO3.BrH/c1-5-9-22(3)10-8-21-7-6-15(23)12-18(21)25-20-17(24-4)11-14(2)16(13-22)19(20)21;/h5-7,11,15,18,23H,1,8-10,12-13H2,2-4H3;1H/q+1;/p-1/t15-,18-,21?,22?;/m1./s1. The Bertz CT molecular complexity index is 762. The van der Waals surface area contributed by atoms with Gasteiger partial charge >= 0.3 is 0 Å². The van der Waals surface area contributed by atoms with Crippen molar-refractivity contribution in [2.24, 2.45) is 0 Å². The SMILES string of the molecule is C=CC[N+]1(C)CCC23C=C[C@@H](O)C[C@H]2Oc2c(OC)cc(C)c(c23)C1.[Br-]. The van der Waals surface area contributed by atoms with Gasteiger partial charge in [0.15, 0.2) is 11.5 Å². The Labute approximate surface area is 166 Å². The Morgan fingerprint density at radius 2 is 2.27 bits per heavy atom. The van der Waals surface area contributed by atoms with Crippen molar-refractivity contribution in [3.63, 3.8) is 0 Å². The molecule has 0 fully saturated rings. The summed E-state index contributed by atoms with van der Waals surface area (Å²) in [6.07, 6.45) is 7.39. The van der Waals surface area contributed by atoms with E-state index in [9.17, 15) is 5.11 Å². The van der Waals surface area contributed by atoms with E-state index in [-0.39, 0.29) is 28.5 Å². The van der Waals surface area contributed by atoms with Gasteiger partial charge in [-0.15, -0.1) is 0 Å². The largest absolute Gasteiger partial charge is 1.00 e. The summed E-state index contributed by atoms with van der Waals surface area (Å²) in [7, 11) is 4.02. The zero-order valence-electron chi connectivity index (χ0n) is 15.8. The lowest BCUT2D eigenvalue weighted by Gasteiger charge is -2.37. The third-order valence-electron chi connectivity index (χ3n) is 6.34. The number of aliphatic hydroxyl groups excluding tert-OH is 1. The van der Waals surface area contributed by atoms with Gasteiger partial charge in [0.05, 0.1) is 38.8 Å². The van der Waals surface area contributed by atoms with Gasteiger partial charge in [-0.05, 0) is 24.6 Å². The fraction of sp³-hybridized carbons (Fsp3) is 0.524. The Kier molecular flexibility index (Phi) is 5.01. The van der Waals surface area contributed by atoms with Gasteiger partial charge in [-0.2, -0.15) is 0 Å². The zero-order chi connectivity index (χ0) is 17.8. The second kappa shape index (κ2) is 6.70. The predicted octanol–water partition coefficient (Wildman–Crippen LogP) is -0.136. The molecule has 0 radical (unpaired) electrons. The minimum atomic E-state index is -0.433. The molecule has 1 spiro atoms. The number of rotatable bonds is 3. The van der Waals surface area contributed by atoms with Crippen LogP contribution in [0.2, 0.25) is 0 Å². The summed E-state index contributed by atoms with van der Waals surface area (Å²) >= 11 is 0. The molecule has 0 aromatic heterocycles. The van der Waals surface area contributed by atoms with Crippen LogP contribution < -0.4 is 26.5 Å². The molecule has 4 nitrogen and oxygen atoms in total. The lowest BCUT2D eigenvalue weighted by atomic mass is 9.68. The first-order chi connectivity index (χ1) is 11.9. The number of aryl methyl sites for hydroxylation is 1. The van der Waals surface area contributed by atoms with Crippen LogP contribution in [-0.2, 0) is 12.0 Å². The van der Waals surface area contributed by atoms with Gasteiger partial charge in [0.25, 0.3) is 0 Å². The van der Waals surface area contributed by atoms with Crippen LogP contribution in [0.3, 0.4) is 0 Å². The van der Waals surface area contributed by atoms with Gasteiger partial charge in [-0.3, -0.25) is 0 Å². The van der Waals surface area contributed by atoms with Crippen LogP contribution in [0, 0.1) is 6.92 Å². The number of hydrogen-bond donors (Lipinski definition) is 1. The normalized spacial score (nSPS) is 34.0. The number of aliphatic hydroxyl groups is 1. The van der Waals surface area contributed by atoms with Crippen molar-refractivity contribution in [2.75, 3.05) is 27.2 Å². The lowest BCUT2D eigenvalue weighted by molar-refractivity contribution is -0.917. The maximum Gasteiger partial charge on any atom is 0.166 e. The first-order valence-electron chi connectivity index (χ1n) is 9.12. The van der Waals surface area contributed by atoms with E-state index < -0.39 is 6.10 Å². The molecule has 1 aromatic carbocycles. The average Bonchev–Trinajstić information content (AvgIpc) is 2.83. The average molecular weight is 422 g/mol. The number of likely N-dealkylation sites (N-methyl/N-ethyl adjacent to an activating group) is 1. The van der Waals surface area contributed by atoms with E-state index in [1.807, 2.05) is 12.2 Å². The van der Waals surface area contributed by atoms with Crippen LogP contribution in [0.1, 0.15) is 29.5 Å². The second-order valence-electron chi connectivity index (χ2n) is 8.11. The Morgan fingerprint density at radius 3 is 2.96 bits per heavy atom. The van der Waals surface area contributed by atoms with E-state index in [4.69, 9.17) is 9.47 Å². The van der Waals surface area contributed by atoms with Gasteiger partial charge < -0.3 is 36.0 Å². The number of ether oxygens (including phenoxy) is 2. The van der Waals surface area contributed by atoms with Crippen molar-refractivity contribution in [2.45, 2.75) is 43.9 Å². The first-order valence-corrected chi connectivity index (χ1v) is 9.12. The summed E-state index contributed by atoms with van der Waals surface area (Å²) in [5.74, 6) is 1.70. The zero-order valence-corrected chi connectivity index (χ0v) is 17.4. The summed E-state index contributed by atoms with van der Waals surface area (Å²) in [5.41, 5.74) is 3.78. The van der Waals surface area contributed by atoms with E-state index in [1.54, 1.807) is 7.11 Å². The molecule has 0 saturated carbocycles. The van der Waals surface area contributed by atoms with Crippen LogP contribution in [-0.4, -0.2) is 49.0 Å². The molecule has 2 unspecified atom stereocenters. The van der Waals surface area contributed by atoms with Crippen molar-refractivity contribution in [3.05, 3.63) is 47.6 Å². The number of quaternary nitrogens is 1. The molecular weight excluding hydrogens is 394 g/mol. The summed E-state index contributed by atoms with van der Waals surface area (Å²) in [4.78, 5) is 0. The number of hydrogen-bond acceptors (Lipinski definition) is 3. The Balaban J connectivity index is 0.00000196. The quantitative estimate of drug-likeness (QED) is 0.545. The highest BCUT2D eigenvalue weighted by atomic mass is 79.9. The summed E-state index contributed by atoms with van der Waals surface area (Å²) in [6.45, 7) is 9.12. The van der Waals surface area contributed by atoms with Crippen molar-refractivity contribution in [3.8, 4) is 11.5 Å². The minimum Gasteiger partial charge on any atom is -1.00 e. The smallest absolute Gasteiger partial charge is 0.166 e. The van der Waals surface area contributed by atoms with E-state index in [0.717, 1.165) is 42.0 Å². The van der Waals surface area contributed by atoms with Crippen LogP contribution in [0.5, 0.6) is 11.5 Å².